The third kappa shape index (κ3) is 2.54. The molecule has 1 aromatic carbocycles. The fourth-order valence-electron chi connectivity index (χ4n) is 2.48. The van der Waals surface area contributed by atoms with E-state index in [0.29, 0.717) is 6.04 Å². The van der Waals surface area contributed by atoms with Crippen molar-refractivity contribution in [1.82, 2.24) is 19.7 Å². The molecule has 1 N–H and O–H groups in total. The highest BCUT2D eigenvalue weighted by Crippen LogP contribution is 2.26. The van der Waals surface area contributed by atoms with E-state index < -0.39 is 0 Å². The molecule has 0 spiro atoms. The van der Waals surface area contributed by atoms with Crippen LogP contribution in [0.1, 0.15) is 31.8 Å². The Hall–Kier alpha value is -2.43. The summed E-state index contributed by atoms with van der Waals surface area (Å²) in [6.45, 7) is 8.23. The quantitative estimate of drug-likeness (QED) is 0.798. The molecule has 0 aliphatic heterocycles. The maximum absolute atomic E-state index is 4.67. The van der Waals surface area contributed by atoms with Crippen molar-refractivity contribution in [2.75, 3.05) is 5.32 Å². The molecule has 0 aliphatic carbocycles. The molecule has 1 unspecified atom stereocenters. The zero-order valence-electron chi connectivity index (χ0n) is 13.5. The van der Waals surface area contributed by atoms with Crippen molar-refractivity contribution < 1.29 is 0 Å². The summed E-state index contributed by atoms with van der Waals surface area (Å²) in [5.74, 6) is 1.62. The molecule has 0 aliphatic rings. The van der Waals surface area contributed by atoms with E-state index in [1.54, 1.807) is 0 Å². The summed E-state index contributed by atoms with van der Waals surface area (Å²) in [6.07, 6.45) is 1.04. The molecule has 5 nitrogen and oxygen atoms in total. The fraction of sp³-hybridized carbons (Fsp3) is 0.353. The van der Waals surface area contributed by atoms with Crippen LogP contribution in [-0.4, -0.2) is 25.8 Å². The molecule has 0 fully saturated rings. The van der Waals surface area contributed by atoms with Crippen molar-refractivity contribution in [3.63, 3.8) is 0 Å². The average molecular weight is 295 g/mol. The summed E-state index contributed by atoms with van der Waals surface area (Å²) in [5.41, 5.74) is 2.79. The van der Waals surface area contributed by atoms with Gasteiger partial charge in [-0.3, -0.25) is 0 Å². The molecule has 2 aromatic heterocycles. The summed E-state index contributed by atoms with van der Waals surface area (Å²) < 4.78 is 1.89. The van der Waals surface area contributed by atoms with Crippen molar-refractivity contribution in [2.45, 2.75) is 40.2 Å². The summed E-state index contributed by atoms with van der Waals surface area (Å²) in [5, 5.41) is 9.14. The third-order valence-corrected chi connectivity index (χ3v) is 3.81. The average Bonchev–Trinajstić information content (AvgIpc) is 2.85. The number of para-hydroxylation sites is 1. The first-order valence-corrected chi connectivity index (χ1v) is 7.66. The zero-order valence-corrected chi connectivity index (χ0v) is 13.5. The minimum Gasteiger partial charge on any atom is -0.367 e. The van der Waals surface area contributed by atoms with Crippen LogP contribution in [0.15, 0.2) is 30.3 Å². The van der Waals surface area contributed by atoms with Gasteiger partial charge in [0.25, 0.3) is 0 Å². The molecule has 0 saturated heterocycles. The Morgan fingerprint density at radius 1 is 1.14 bits per heavy atom. The molecule has 0 saturated carbocycles. The molecule has 3 rings (SSSR count). The molecule has 114 valence electrons. The molecule has 0 radical (unpaired) electrons. The second-order valence-electron chi connectivity index (χ2n) is 5.60. The van der Waals surface area contributed by atoms with E-state index in [-0.39, 0.29) is 0 Å². The lowest BCUT2D eigenvalue weighted by atomic mass is 10.2. The smallest absolute Gasteiger partial charge is 0.168 e. The minimum absolute atomic E-state index is 0.358. The summed E-state index contributed by atoms with van der Waals surface area (Å²) >= 11 is 0. The predicted molar refractivity (Wildman–Crippen MR) is 89.5 cm³/mol. The fourth-order valence-corrected chi connectivity index (χ4v) is 2.48. The second kappa shape index (κ2) is 5.75. The number of fused-ring (bicyclic) bond motifs is 1. The Morgan fingerprint density at radius 3 is 2.55 bits per heavy atom. The molecule has 0 amide bonds. The van der Waals surface area contributed by atoms with Gasteiger partial charge in [0, 0.05) is 6.04 Å². The molecule has 2 heterocycles. The van der Waals surface area contributed by atoms with E-state index in [1.807, 2.05) is 48.9 Å². The lowest BCUT2D eigenvalue weighted by molar-refractivity contribution is 0.759. The SMILES string of the molecule is CCC(C)Nc1nc(C)nc2c1c(C)nn2-c1ccccc1. The van der Waals surface area contributed by atoms with Gasteiger partial charge in [-0.25, -0.2) is 14.6 Å². The van der Waals surface area contributed by atoms with Crippen LogP contribution in [0, 0.1) is 13.8 Å². The molecule has 22 heavy (non-hydrogen) atoms. The maximum atomic E-state index is 4.67. The van der Waals surface area contributed by atoms with Crippen molar-refractivity contribution in [1.29, 1.82) is 0 Å². The molecule has 5 heteroatoms. The van der Waals surface area contributed by atoms with Crippen molar-refractivity contribution >= 4 is 16.9 Å². The Labute approximate surface area is 130 Å². The molecule has 3 aromatic rings. The van der Waals surface area contributed by atoms with Gasteiger partial charge >= 0.3 is 0 Å². The number of nitrogens with one attached hydrogen (secondary N) is 1. The van der Waals surface area contributed by atoms with Crippen LogP contribution in [-0.2, 0) is 0 Å². The van der Waals surface area contributed by atoms with Crippen LogP contribution in [0.25, 0.3) is 16.7 Å². The van der Waals surface area contributed by atoms with Crippen LogP contribution in [0.2, 0.25) is 0 Å². The molecular formula is C17H21N5. The zero-order chi connectivity index (χ0) is 15.7. The van der Waals surface area contributed by atoms with E-state index >= 15 is 0 Å². The molecular weight excluding hydrogens is 274 g/mol. The van der Waals surface area contributed by atoms with Gasteiger partial charge in [0.05, 0.1) is 16.8 Å². The van der Waals surface area contributed by atoms with E-state index in [2.05, 4.69) is 34.2 Å². The number of aryl methyl sites for hydroxylation is 2. The molecule has 1 atom stereocenters. The summed E-state index contributed by atoms with van der Waals surface area (Å²) in [4.78, 5) is 9.20. The number of nitrogens with zero attached hydrogens (tertiary/aromatic N) is 4. The van der Waals surface area contributed by atoms with Gasteiger partial charge in [-0.2, -0.15) is 5.10 Å². The van der Waals surface area contributed by atoms with Crippen LogP contribution in [0.5, 0.6) is 0 Å². The number of hydrogen-bond acceptors (Lipinski definition) is 4. The van der Waals surface area contributed by atoms with E-state index in [9.17, 15) is 0 Å². The van der Waals surface area contributed by atoms with Crippen molar-refractivity contribution in [2.24, 2.45) is 0 Å². The van der Waals surface area contributed by atoms with Crippen molar-refractivity contribution in [3.05, 3.63) is 41.9 Å². The second-order valence-corrected chi connectivity index (χ2v) is 5.60. The summed E-state index contributed by atoms with van der Waals surface area (Å²) in [7, 11) is 0. The largest absolute Gasteiger partial charge is 0.367 e. The van der Waals surface area contributed by atoms with Gasteiger partial charge < -0.3 is 5.32 Å². The Bertz CT molecular complexity index is 792. The number of benzene rings is 1. The number of hydrogen-bond donors (Lipinski definition) is 1. The van der Waals surface area contributed by atoms with Gasteiger partial charge in [0.15, 0.2) is 5.65 Å². The Balaban J connectivity index is 2.22. The predicted octanol–water partition coefficient (Wildman–Crippen LogP) is 3.64. The van der Waals surface area contributed by atoms with Gasteiger partial charge in [0.1, 0.15) is 11.6 Å². The van der Waals surface area contributed by atoms with E-state index in [1.165, 1.54) is 0 Å². The van der Waals surface area contributed by atoms with Crippen LogP contribution in [0.3, 0.4) is 0 Å². The lowest BCUT2D eigenvalue weighted by Crippen LogP contribution is -2.15. The summed E-state index contributed by atoms with van der Waals surface area (Å²) in [6, 6.07) is 10.4. The monoisotopic (exact) mass is 295 g/mol. The first kappa shape index (κ1) is 14.5. The lowest BCUT2D eigenvalue weighted by Gasteiger charge is -2.13. The number of aromatic nitrogens is 4. The topological polar surface area (TPSA) is 55.6 Å². The Kier molecular flexibility index (Phi) is 3.79. The van der Waals surface area contributed by atoms with Gasteiger partial charge in [-0.05, 0) is 39.3 Å². The molecule has 0 bridgehead atoms. The Morgan fingerprint density at radius 2 is 1.86 bits per heavy atom. The minimum atomic E-state index is 0.358. The number of anilines is 1. The standard InChI is InChI=1S/C17H21N5/c1-5-11(2)18-16-15-12(3)21-22(14-9-7-6-8-10-14)17(15)20-13(4)19-16/h6-11H,5H2,1-4H3,(H,18,19,20). The normalized spacial score (nSPS) is 12.5. The van der Waals surface area contributed by atoms with Gasteiger partial charge in [-0.15, -0.1) is 0 Å². The third-order valence-electron chi connectivity index (χ3n) is 3.81. The first-order valence-electron chi connectivity index (χ1n) is 7.66. The van der Waals surface area contributed by atoms with Crippen LogP contribution >= 0.6 is 0 Å². The first-order chi connectivity index (χ1) is 10.6. The van der Waals surface area contributed by atoms with Crippen LogP contribution in [0.4, 0.5) is 5.82 Å². The highest BCUT2D eigenvalue weighted by atomic mass is 15.3. The van der Waals surface area contributed by atoms with E-state index in [4.69, 9.17) is 0 Å². The van der Waals surface area contributed by atoms with Gasteiger partial charge in [0.2, 0.25) is 0 Å². The van der Waals surface area contributed by atoms with Crippen molar-refractivity contribution in [3.8, 4) is 5.69 Å². The van der Waals surface area contributed by atoms with E-state index in [0.717, 1.165) is 40.5 Å². The van der Waals surface area contributed by atoms with Gasteiger partial charge in [-0.1, -0.05) is 25.1 Å². The van der Waals surface area contributed by atoms with Crippen LogP contribution < -0.4 is 5.32 Å². The maximum Gasteiger partial charge on any atom is 0.168 e. The number of rotatable bonds is 4. The highest BCUT2D eigenvalue weighted by Gasteiger charge is 2.17. The highest BCUT2D eigenvalue weighted by molar-refractivity contribution is 5.90.